The van der Waals surface area contributed by atoms with Crippen LogP contribution >= 0.6 is 34.8 Å². The smallest absolute Gasteiger partial charge is 0.130 e. The Morgan fingerprint density at radius 2 is 1.76 bits per heavy atom. The first-order chi connectivity index (χ1) is 9.92. The number of rotatable bonds is 4. The normalized spacial score (nSPS) is 11.0. The second kappa shape index (κ2) is 6.91. The van der Waals surface area contributed by atoms with Crippen LogP contribution in [0.2, 0.25) is 10.0 Å². The van der Waals surface area contributed by atoms with E-state index in [1.807, 2.05) is 31.2 Å². The molecule has 2 aromatic rings. The first kappa shape index (κ1) is 16.5. The molecule has 0 aliphatic heterocycles. The lowest BCUT2D eigenvalue weighted by Gasteiger charge is -2.15. The summed E-state index contributed by atoms with van der Waals surface area (Å²) in [5.74, 6) is 2.20. The molecule has 0 amide bonds. The van der Waals surface area contributed by atoms with E-state index < -0.39 is 0 Å². The van der Waals surface area contributed by atoms with E-state index >= 15 is 0 Å². The molecular formula is C17H17Cl3O. The molecule has 0 bridgehead atoms. The number of alkyl halides is 1. The minimum atomic E-state index is 0.336. The molecule has 0 heterocycles. The standard InChI is InChI=1S/C17H17Cl3O/c1-10(2)14-8-17(11(3)6-16(14)20)21-13-5-4-12(9-18)15(19)7-13/h4-8,10H,9H2,1-3H3. The average Bonchev–Trinajstić information content (AvgIpc) is 2.41. The Morgan fingerprint density at radius 3 is 2.33 bits per heavy atom. The van der Waals surface area contributed by atoms with E-state index in [0.717, 1.165) is 27.5 Å². The number of halogens is 3. The SMILES string of the molecule is Cc1cc(Cl)c(C(C)C)cc1Oc1ccc(CCl)c(Cl)c1. The number of benzene rings is 2. The van der Waals surface area contributed by atoms with E-state index in [-0.39, 0.29) is 0 Å². The summed E-state index contributed by atoms with van der Waals surface area (Å²) in [5.41, 5.74) is 2.95. The number of hydrogen-bond acceptors (Lipinski definition) is 1. The van der Waals surface area contributed by atoms with E-state index in [4.69, 9.17) is 39.5 Å². The van der Waals surface area contributed by atoms with Gasteiger partial charge < -0.3 is 4.74 Å². The van der Waals surface area contributed by atoms with E-state index in [9.17, 15) is 0 Å². The van der Waals surface area contributed by atoms with Crippen molar-refractivity contribution >= 4 is 34.8 Å². The fourth-order valence-electron chi connectivity index (χ4n) is 2.05. The Bertz CT molecular complexity index is 651. The monoisotopic (exact) mass is 342 g/mol. The predicted octanol–water partition coefficient (Wildman–Crippen LogP) is 6.96. The summed E-state index contributed by atoms with van der Waals surface area (Å²) in [5, 5.41) is 1.38. The van der Waals surface area contributed by atoms with Gasteiger partial charge in [-0.1, -0.05) is 43.1 Å². The largest absolute Gasteiger partial charge is 0.457 e. The lowest BCUT2D eigenvalue weighted by molar-refractivity contribution is 0.477. The van der Waals surface area contributed by atoms with E-state index in [0.29, 0.717) is 22.6 Å². The summed E-state index contributed by atoms with van der Waals surface area (Å²) in [6, 6.07) is 9.45. The maximum absolute atomic E-state index is 6.27. The highest BCUT2D eigenvalue weighted by atomic mass is 35.5. The van der Waals surface area contributed by atoms with Crippen LogP contribution in [0, 0.1) is 6.92 Å². The van der Waals surface area contributed by atoms with Crippen LogP contribution in [-0.2, 0) is 5.88 Å². The van der Waals surface area contributed by atoms with Gasteiger partial charge in [-0.25, -0.2) is 0 Å². The summed E-state index contributed by atoms with van der Waals surface area (Å²) in [6.45, 7) is 6.18. The van der Waals surface area contributed by atoms with E-state index in [2.05, 4.69) is 13.8 Å². The molecule has 0 saturated heterocycles. The number of hydrogen-bond donors (Lipinski definition) is 0. The molecule has 2 rings (SSSR count). The van der Waals surface area contributed by atoms with Crippen molar-refractivity contribution in [1.29, 1.82) is 0 Å². The molecule has 0 aliphatic carbocycles. The van der Waals surface area contributed by atoms with Crippen LogP contribution in [0.15, 0.2) is 30.3 Å². The molecule has 0 radical (unpaired) electrons. The van der Waals surface area contributed by atoms with E-state index in [1.54, 1.807) is 6.07 Å². The van der Waals surface area contributed by atoms with Crippen molar-refractivity contribution in [3.05, 3.63) is 57.1 Å². The Kier molecular flexibility index (Phi) is 5.43. The molecule has 0 fully saturated rings. The van der Waals surface area contributed by atoms with Crippen molar-refractivity contribution in [1.82, 2.24) is 0 Å². The third kappa shape index (κ3) is 3.85. The molecule has 0 N–H and O–H groups in total. The molecular weight excluding hydrogens is 327 g/mol. The Hall–Kier alpha value is -0.890. The van der Waals surface area contributed by atoms with Crippen molar-refractivity contribution in [2.75, 3.05) is 0 Å². The van der Waals surface area contributed by atoms with Gasteiger partial charge in [-0.15, -0.1) is 11.6 Å². The van der Waals surface area contributed by atoms with Crippen molar-refractivity contribution in [2.45, 2.75) is 32.6 Å². The van der Waals surface area contributed by atoms with Crippen molar-refractivity contribution < 1.29 is 4.74 Å². The predicted molar refractivity (Wildman–Crippen MR) is 91.4 cm³/mol. The quantitative estimate of drug-likeness (QED) is 0.545. The van der Waals surface area contributed by atoms with Gasteiger partial charge in [-0.05, 0) is 53.8 Å². The van der Waals surface area contributed by atoms with Crippen LogP contribution in [0.4, 0.5) is 0 Å². The lowest BCUT2D eigenvalue weighted by atomic mass is 10.0. The molecule has 0 unspecified atom stereocenters. The lowest BCUT2D eigenvalue weighted by Crippen LogP contribution is -1.94. The number of aryl methyl sites for hydroxylation is 1. The van der Waals surface area contributed by atoms with Crippen molar-refractivity contribution in [3.63, 3.8) is 0 Å². The Balaban J connectivity index is 2.35. The van der Waals surface area contributed by atoms with Gasteiger partial charge in [0.1, 0.15) is 11.5 Å². The van der Waals surface area contributed by atoms with Crippen molar-refractivity contribution in [2.24, 2.45) is 0 Å². The molecule has 0 spiro atoms. The van der Waals surface area contributed by atoms with Crippen LogP contribution in [-0.4, -0.2) is 0 Å². The third-order valence-corrected chi connectivity index (χ3v) is 4.28. The topological polar surface area (TPSA) is 9.23 Å². The second-order valence-corrected chi connectivity index (χ2v) is 6.36. The molecule has 4 heteroatoms. The van der Waals surface area contributed by atoms with Gasteiger partial charge >= 0.3 is 0 Å². The molecule has 0 aliphatic rings. The highest BCUT2D eigenvalue weighted by Crippen LogP contribution is 2.35. The molecule has 0 aromatic heterocycles. The zero-order valence-electron chi connectivity index (χ0n) is 12.2. The molecule has 112 valence electrons. The van der Waals surface area contributed by atoms with Crippen LogP contribution in [0.1, 0.15) is 36.5 Å². The first-order valence-corrected chi connectivity index (χ1v) is 8.03. The van der Waals surface area contributed by atoms with Gasteiger partial charge in [-0.2, -0.15) is 0 Å². The fraction of sp³-hybridized carbons (Fsp3) is 0.294. The molecule has 0 atom stereocenters. The minimum Gasteiger partial charge on any atom is -0.457 e. The van der Waals surface area contributed by atoms with Crippen LogP contribution in [0.25, 0.3) is 0 Å². The van der Waals surface area contributed by atoms with Gasteiger partial charge in [0.05, 0.1) is 0 Å². The van der Waals surface area contributed by atoms with E-state index in [1.165, 1.54) is 0 Å². The summed E-state index contributed by atoms with van der Waals surface area (Å²) >= 11 is 18.2. The van der Waals surface area contributed by atoms with Gasteiger partial charge in [0.25, 0.3) is 0 Å². The molecule has 21 heavy (non-hydrogen) atoms. The summed E-state index contributed by atoms with van der Waals surface area (Å²) in [6.07, 6.45) is 0. The first-order valence-electron chi connectivity index (χ1n) is 6.74. The summed E-state index contributed by atoms with van der Waals surface area (Å²) in [4.78, 5) is 0. The van der Waals surface area contributed by atoms with Crippen LogP contribution in [0.3, 0.4) is 0 Å². The molecule has 2 aromatic carbocycles. The van der Waals surface area contributed by atoms with Gasteiger partial charge in [0, 0.05) is 15.9 Å². The Morgan fingerprint density at radius 1 is 1.05 bits per heavy atom. The van der Waals surface area contributed by atoms with Gasteiger partial charge in [-0.3, -0.25) is 0 Å². The second-order valence-electron chi connectivity index (χ2n) is 5.28. The maximum atomic E-state index is 6.27. The highest BCUT2D eigenvalue weighted by Gasteiger charge is 2.11. The third-order valence-electron chi connectivity index (χ3n) is 3.31. The summed E-state index contributed by atoms with van der Waals surface area (Å²) in [7, 11) is 0. The highest BCUT2D eigenvalue weighted by molar-refractivity contribution is 6.32. The Labute approximate surface area is 140 Å². The number of ether oxygens (including phenoxy) is 1. The zero-order chi connectivity index (χ0) is 15.6. The maximum Gasteiger partial charge on any atom is 0.130 e. The minimum absolute atomic E-state index is 0.336. The van der Waals surface area contributed by atoms with Crippen LogP contribution in [0.5, 0.6) is 11.5 Å². The van der Waals surface area contributed by atoms with Gasteiger partial charge in [0.2, 0.25) is 0 Å². The van der Waals surface area contributed by atoms with Gasteiger partial charge in [0.15, 0.2) is 0 Å². The fourth-order valence-corrected chi connectivity index (χ4v) is 3.02. The molecule has 1 nitrogen and oxygen atoms in total. The summed E-state index contributed by atoms with van der Waals surface area (Å²) < 4.78 is 5.95. The average molecular weight is 344 g/mol. The molecule has 0 saturated carbocycles. The van der Waals surface area contributed by atoms with Crippen LogP contribution < -0.4 is 4.74 Å². The van der Waals surface area contributed by atoms with Crippen molar-refractivity contribution in [3.8, 4) is 11.5 Å². The zero-order valence-corrected chi connectivity index (χ0v) is 14.5.